The van der Waals surface area contributed by atoms with Gasteiger partial charge in [0.1, 0.15) is 0 Å². The Labute approximate surface area is 121 Å². The first kappa shape index (κ1) is 17.4. The van der Waals surface area contributed by atoms with Crippen LogP contribution in [0.25, 0.3) is 0 Å². The molecular weight excluding hydrogens is 260 g/mol. The van der Waals surface area contributed by atoms with E-state index in [0.29, 0.717) is 52.0 Å². The molecule has 0 aromatic heterocycles. The van der Waals surface area contributed by atoms with Crippen molar-refractivity contribution in [2.24, 2.45) is 5.92 Å². The molecule has 20 heavy (non-hydrogen) atoms. The topological polar surface area (TPSA) is 82.0 Å². The number of hydrogen-bond acceptors (Lipinski definition) is 5. The summed E-state index contributed by atoms with van der Waals surface area (Å²) >= 11 is 0. The molecule has 0 unspecified atom stereocenters. The van der Waals surface area contributed by atoms with Crippen molar-refractivity contribution in [3.63, 3.8) is 0 Å². The van der Waals surface area contributed by atoms with Crippen molar-refractivity contribution in [2.45, 2.75) is 31.3 Å². The largest absolute Gasteiger partial charge is 0.481 e. The molecule has 0 radical (unpaired) electrons. The molecule has 1 saturated carbocycles. The number of rotatable bonds is 9. The van der Waals surface area contributed by atoms with E-state index < -0.39 is 11.6 Å². The van der Waals surface area contributed by atoms with Gasteiger partial charge in [-0.2, -0.15) is 0 Å². The predicted octanol–water partition coefficient (Wildman–Crippen LogP) is 0.160. The van der Waals surface area contributed by atoms with Crippen molar-refractivity contribution in [3.8, 4) is 0 Å². The molecule has 0 heterocycles. The van der Waals surface area contributed by atoms with Crippen LogP contribution in [-0.4, -0.2) is 73.6 Å². The van der Waals surface area contributed by atoms with Gasteiger partial charge in [-0.25, -0.2) is 0 Å². The standard InChI is InChI=1S/C14H28N2O4/c1-16(2)8-10-20-9-7-15-11-14(19)5-3-12(4-6-14)13(17)18/h12,15,19H,3-11H2,1-2H3,(H,17,18). The lowest BCUT2D eigenvalue weighted by molar-refractivity contribution is -0.144. The molecule has 0 aliphatic heterocycles. The van der Waals surface area contributed by atoms with E-state index in [1.807, 2.05) is 14.1 Å². The van der Waals surface area contributed by atoms with Gasteiger partial charge in [0.05, 0.1) is 24.7 Å². The van der Waals surface area contributed by atoms with Gasteiger partial charge in [0, 0.05) is 19.6 Å². The van der Waals surface area contributed by atoms with Crippen LogP contribution in [0.2, 0.25) is 0 Å². The summed E-state index contributed by atoms with van der Waals surface area (Å²) in [6.45, 7) is 3.45. The number of likely N-dealkylation sites (N-methyl/N-ethyl adjacent to an activating group) is 1. The molecule has 0 bridgehead atoms. The highest BCUT2D eigenvalue weighted by atomic mass is 16.5. The van der Waals surface area contributed by atoms with Crippen LogP contribution in [0.1, 0.15) is 25.7 Å². The summed E-state index contributed by atoms with van der Waals surface area (Å²) in [4.78, 5) is 12.9. The first-order valence-corrected chi connectivity index (χ1v) is 7.31. The predicted molar refractivity (Wildman–Crippen MR) is 76.8 cm³/mol. The third-order valence-corrected chi connectivity index (χ3v) is 3.83. The minimum Gasteiger partial charge on any atom is -0.481 e. The Balaban J connectivity index is 2.05. The number of aliphatic carboxylic acids is 1. The monoisotopic (exact) mass is 288 g/mol. The zero-order chi connectivity index (χ0) is 15.0. The fourth-order valence-corrected chi connectivity index (χ4v) is 2.39. The molecule has 1 aliphatic rings. The molecule has 1 fully saturated rings. The molecule has 6 heteroatoms. The molecule has 0 atom stereocenters. The number of aliphatic hydroxyl groups is 1. The molecule has 0 spiro atoms. The van der Waals surface area contributed by atoms with Gasteiger partial charge in [0.2, 0.25) is 0 Å². The Morgan fingerprint density at radius 3 is 2.55 bits per heavy atom. The van der Waals surface area contributed by atoms with Gasteiger partial charge < -0.3 is 25.2 Å². The Morgan fingerprint density at radius 1 is 1.35 bits per heavy atom. The van der Waals surface area contributed by atoms with E-state index in [0.717, 1.165) is 6.54 Å². The van der Waals surface area contributed by atoms with Gasteiger partial charge in [-0.15, -0.1) is 0 Å². The average Bonchev–Trinajstić information content (AvgIpc) is 2.37. The second kappa shape index (κ2) is 8.56. The number of nitrogens with zero attached hydrogens (tertiary/aromatic N) is 1. The lowest BCUT2D eigenvalue weighted by Gasteiger charge is -2.34. The summed E-state index contributed by atoms with van der Waals surface area (Å²) in [5, 5.41) is 22.5. The smallest absolute Gasteiger partial charge is 0.306 e. The maximum absolute atomic E-state index is 10.9. The lowest BCUT2D eigenvalue weighted by Crippen LogP contribution is -2.45. The van der Waals surface area contributed by atoms with E-state index in [2.05, 4.69) is 10.2 Å². The van der Waals surface area contributed by atoms with Crippen LogP contribution in [0.3, 0.4) is 0 Å². The normalized spacial score (nSPS) is 26.9. The lowest BCUT2D eigenvalue weighted by atomic mass is 9.79. The van der Waals surface area contributed by atoms with Crippen LogP contribution in [0.4, 0.5) is 0 Å². The highest BCUT2D eigenvalue weighted by Gasteiger charge is 2.35. The summed E-state index contributed by atoms with van der Waals surface area (Å²) in [5.41, 5.74) is -0.754. The van der Waals surface area contributed by atoms with Crippen LogP contribution in [-0.2, 0) is 9.53 Å². The van der Waals surface area contributed by atoms with Crippen molar-refractivity contribution < 1.29 is 19.7 Å². The zero-order valence-electron chi connectivity index (χ0n) is 12.6. The van der Waals surface area contributed by atoms with E-state index in [9.17, 15) is 9.90 Å². The SMILES string of the molecule is CN(C)CCOCCNCC1(O)CCC(C(=O)O)CC1. The van der Waals surface area contributed by atoms with Crippen LogP contribution < -0.4 is 5.32 Å². The Bertz CT molecular complexity index is 289. The summed E-state index contributed by atoms with van der Waals surface area (Å²) in [5.74, 6) is -1.03. The molecule has 118 valence electrons. The molecule has 3 N–H and O–H groups in total. The van der Waals surface area contributed by atoms with Crippen molar-refractivity contribution in [1.29, 1.82) is 0 Å². The van der Waals surface area contributed by atoms with Gasteiger partial charge in [-0.3, -0.25) is 4.79 Å². The molecule has 0 aromatic carbocycles. The van der Waals surface area contributed by atoms with Crippen LogP contribution in [0.5, 0.6) is 0 Å². The summed E-state index contributed by atoms with van der Waals surface area (Å²) in [6, 6.07) is 0. The van der Waals surface area contributed by atoms with E-state index in [4.69, 9.17) is 9.84 Å². The number of carbonyl (C=O) groups is 1. The number of carboxylic acids is 1. The van der Waals surface area contributed by atoms with Gasteiger partial charge >= 0.3 is 5.97 Å². The molecular formula is C14H28N2O4. The first-order chi connectivity index (χ1) is 9.43. The number of carboxylic acid groups (broad SMARTS) is 1. The van der Waals surface area contributed by atoms with Gasteiger partial charge in [0.15, 0.2) is 0 Å². The van der Waals surface area contributed by atoms with Gasteiger partial charge in [0.25, 0.3) is 0 Å². The van der Waals surface area contributed by atoms with E-state index in [1.165, 1.54) is 0 Å². The van der Waals surface area contributed by atoms with Crippen LogP contribution in [0, 0.1) is 5.92 Å². The molecule has 1 aliphatic carbocycles. The van der Waals surface area contributed by atoms with Crippen LogP contribution in [0.15, 0.2) is 0 Å². The highest BCUT2D eigenvalue weighted by molar-refractivity contribution is 5.70. The second-order valence-electron chi connectivity index (χ2n) is 5.93. The van der Waals surface area contributed by atoms with E-state index in [-0.39, 0.29) is 5.92 Å². The highest BCUT2D eigenvalue weighted by Crippen LogP contribution is 2.31. The maximum Gasteiger partial charge on any atom is 0.306 e. The third kappa shape index (κ3) is 6.65. The zero-order valence-corrected chi connectivity index (χ0v) is 12.6. The van der Waals surface area contributed by atoms with Crippen molar-refractivity contribution in [1.82, 2.24) is 10.2 Å². The summed E-state index contributed by atoms with van der Waals surface area (Å²) in [7, 11) is 4.01. The minimum atomic E-state index is -0.754. The summed E-state index contributed by atoms with van der Waals surface area (Å²) < 4.78 is 5.45. The Morgan fingerprint density at radius 2 is 2.00 bits per heavy atom. The quantitative estimate of drug-likeness (QED) is 0.524. The average molecular weight is 288 g/mol. The molecule has 0 saturated heterocycles. The fraction of sp³-hybridized carbons (Fsp3) is 0.929. The number of hydrogen-bond donors (Lipinski definition) is 3. The van der Waals surface area contributed by atoms with Crippen molar-refractivity contribution in [2.75, 3.05) is 46.9 Å². The van der Waals surface area contributed by atoms with E-state index in [1.54, 1.807) is 0 Å². The number of ether oxygens (including phenoxy) is 1. The molecule has 0 amide bonds. The molecule has 6 nitrogen and oxygen atoms in total. The van der Waals surface area contributed by atoms with Crippen LogP contribution >= 0.6 is 0 Å². The minimum absolute atomic E-state index is 0.287. The first-order valence-electron chi connectivity index (χ1n) is 7.31. The Hall–Kier alpha value is -0.690. The van der Waals surface area contributed by atoms with Gasteiger partial charge in [-0.05, 0) is 39.8 Å². The molecule has 0 aromatic rings. The maximum atomic E-state index is 10.9. The van der Waals surface area contributed by atoms with Gasteiger partial charge in [-0.1, -0.05) is 0 Å². The van der Waals surface area contributed by atoms with E-state index >= 15 is 0 Å². The second-order valence-corrected chi connectivity index (χ2v) is 5.93. The fourth-order valence-electron chi connectivity index (χ4n) is 2.39. The molecule has 1 rings (SSSR count). The third-order valence-electron chi connectivity index (χ3n) is 3.83. The van der Waals surface area contributed by atoms with Crippen molar-refractivity contribution >= 4 is 5.97 Å². The summed E-state index contributed by atoms with van der Waals surface area (Å²) in [6.07, 6.45) is 2.23. The number of nitrogens with one attached hydrogen (secondary N) is 1. The van der Waals surface area contributed by atoms with Crippen molar-refractivity contribution in [3.05, 3.63) is 0 Å². The Kier molecular flexibility index (Phi) is 7.43.